The Morgan fingerprint density at radius 3 is 2.53 bits per heavy atom. The van der Waals surface area contributed by atoms with Gasteiger partial charge in [0, 0.05) is 10.0 Å². The summed E-state index contributed by atoms with van der Waals surface area (Å²) in [6.45, 7) is 2.49. The van der Waals surface area contributed by atoms with E-state index in [0.29, 0.717) is 6.61 Å². The number of hydrogen-bond donors (Lipinski definition) is 0. The van der Waals surface area contributed by atoms with Gasteiger partial charge < -0.3 is 4.74 Å². The molecule has 0 aliphatic heterocycles. The monoisotopic (exact) mass is 342 g/mol. The summed E-state index contributed by atoms with van der Waals surface area (Å²) in [7, 11) is 0. The van der Waals surface area contributed by atoms with Crippen molar-refractivity contribution in [2.45, 2.75) is 12.3 Å². The predicted octanol–water partition coefficient (Wildman–Crippen LogP) is 5.32. The number of halogens is 3. The molecule has 4 heteroatoms. The minimum Gasteiger partial charge on any atom is -0.494 e. The number of alkyl halides is 1. The van der Waals surface area contributed by atoms with Crippen molar-refractivity contribution in [3.05, 3.63) is 63.9 Å². The highest BCUT2D eigenvalue weighted by Crippen LogP contribution is 2.36. The van der Waals surface area contributed by atoms with Gasteiger partial charge in [0.2, 0.25) is 0 Å². The van der Waals surface area contributed by atoms with E-state index in [-0.39, 0.29) is 11.2 Å². The Kier molecular flexibility index (Phi) is 4.83. The van der Waals surface area contributed by atoms with Crippen molar-refractivity contribution < 1.29 is 9.13 Å². The summed E-state index contributed by atoms with van der Waals surface area (Å²) in [6, 6.07) is 11.9. The van der Waals surface area contributed by atoms with Crippen LogP contribution in [0.1, 0.15) is 23.4 Å². The second-order valence-electron chi connectivity index (χ2n) is 4.03. The van der Waals surface area contributed by atoms with Gasteiger partial charge in [-0.15, -0.1) is 11.6 Å². The summed E-state index contributed by atoms with van der Waals surface area (Å²) in [5, 5.41) is -0.375. The third-order valence-electron chi connectivity index (χ3n) is 2.71. The quantitative estimate of drug-likeness (QED) is 0.683. The van der Waals surface area contributed by atoms with E-state index >= 15 is 0 Å². The molecule has 100 valence electrons. The molecule has 19 heavy (non-hydrogen) atoms. The van der Waals surface area contributed by atoms with Gasteiger partial charge in [0.25, 0.3) is 0 Å². The Morgan fingerprint density at radius 1 is 1.21 bits per heavy atom. The minimum atomic E-state index is -0.375. The fourth-order valence-corrected chi connectivity index (χ4v) is 2.51. The third kappa shape index (κ3) is 3.48. The van der Waals surface area contributed by atoms with Crippen LogP contribution >= 0.6 is 27.5 Å². The van der Waals surface area contributed by atoms with Gasteiger partial charge >= 0.3 is 0 Å². The molecule has 0 aliphatic rings. The standard InChI is InChI=1S/C15H13BrClFO/c1-2-19-14-8-5-11(16)9-13(14)15(17)10-3-6-12(18)7-4-10/h3-9,15H,2H2,1H3. The normalized spacial score (nSPS) is 12.2. The molecule has 0 aromatic heterocycles. The third-order valence-corrected chi connectivity index (χ3v) is 3.69. The first-order valence-electron chi connectivity index (χ1n) is 5.93. The summed E-state index contributed by atoms with van der Waals surface area (Å²) in [5.41, 5.74) is 1.70. The van der Waals surface area contributed by atoms with E-state index in [1.165, 1.54) is 12.1 Å². The lowest BCUT2D eigenvalue weighted by Gasteiger charge is -2.16. The second kappa shape index (κ2) is 6.40. The van der Waals surface area contributed by atoms with Gasteiger partial charge in [-0.05, 0) is 42.8 Å². The molecule has 0 aliphatic carbocycles. The maximum Gasteiger partial charge on any atom is 0.124 e. The van der Waals surface area contributed by atoms with Gasteiger partial charge in [0.1, 0.15) is 11.6 Å². The Hall–Kier alpha value is -1.06. The molecule has 1 atom stereocenters. The second-order valence-corrected chi connectivity index (χ2v) is 5.38. The van der Waals surface area contributed by atoms with E-state index < -0.39 is 0 Å². The molecule has 0 spiro atoms. The molecule has 1 unspecified atom stereocenters. The van der Waals surface area contributed by atoms with Crippen LogP contribution in [0.5, 0.6) is 5.75 Å². The molecule has 0 saturated heterocycles. The molecule has 0 N–H and O–H groups in total. The van der Waals surface area contributed by atoms with E-state index in [9.17, 15) is 4.39 Å². The molecule has 0 fully saturated rings. The van der Waals surface area contributed by atoms with E-state index in [2.05, 4.69) is 15.9 Å². The lowest BCUT2D eigenvalue weighted by Crippen LogP contribution is -2.00. The minimum absolute atomic E-state index is 0.271. The van der Waals surface area contributed by atoms with Gasteiger partial charge in [-0.2, -0.15) is 0 Å². The van der Waals surface area contributed by atoms with Crippen molar-refractivity contribution in [3.63, 3.8) is 0 Å². The summed E-state index contributed by atoms with van der Waals surface area (Å²) in [6.07, 6.45) is 0. The van der Waals surface area contributed by atoms with Crippen molar-refractivity contribution in [1.82, 2.24) is 0 Å². The lowest BCUT2D eigenvalue weighted by molar-refractivity contribution is 0.337. The van der Waals surface area contributed by atoms with Gasteiger partial charge in [0.15, 0.2) is 0 Å². The Labute approximate surface area is 125 Å². The summed E-state index contributed by atoms with van der Waals surface area (Å²) < 4.78 is 19.4. The Bertz CT molecular complexity index is 557. The summed E-state index contributed by atoms with van der Waals surface area (Å²) in [5.74, 6) is 0.474. The van der Waals surface area contributed by atoms with Crippen LogP contribution in [0, 0.1) is 5.82 Å². The fourth-order valence-electron chi connectivity index (χ4n) is 1.82. The smallest absolute Gasteiger partial charge is 0.124 e. The van der Waals surface area contributed by atoms with Crippen LogP contribution in [0.25, 0.3) is 0 Å². The molecule has 2 aromatic rings. The first-order chi connectivity index (χ1) is 9.11. The van der Waals surface area contributed by atoms with Gasteiger partial charge in [-0.25, -0.2) is 4.39 Å². The highest BCUT2D eigenvalue weighted by molar-refractivity contribution is 9.10. The summed E-state index contributed by atoms with van der Waals surface area (Å²) in [4.78, 5) is 0. The molecule has 0 bridgehead atoms. The molecular formula is C15H13BrClFO. The van der Waals surface area contributed by atoms with Crippen molar-refractivity contribution in [2.24, 2.45) is 0 Å². The van der Waals surface area contributed by atoms with Crippen LogP contribution < -0.4 is 4.74 Å². The molecular weight excluding hydrogens is 331 g/mol. The maximum atomic E-state index is 12.9. The van der Waals surface area contributed by atoms with E-state index in [1.54, 1.807) is 12.1 Å². The zero-order valence-electron chi connectivity index (χ0n) is 10.4. The molecule has 0 heterocycles. The highest BCUT2D eigenvalue weighted by atomic mass is 79.9. The first-order valence-corrected chi connectivity index (χ1v) is 7.16. The van der Waals surface area contributed by atoms with Crippen molar-refractivity contribution in [1.29, 1.82) is 0 Å². The molecule has 0 radical (unpaired) electrons. The number of rotatable bonds is 4. The first kappa shape index (κ1) is 14.4. The van der Waals surface area contributed by atoms with Crippen molar-refractivity contribution >= 4 is 27.5 Å². The zero-order valence-corrected chi connectivity index (χ0v) is 12.7. The topological polar surface area (TPSA) is 9.23 Å². The molecule has 1 nitrogen and oxygen atoms in total. The maximum absolute atomic E-state index is 12.9. The lowest BCUT2D eigenvalue weighted by atomic mass is 10.0. The van der Waals surface area contributed by atoms with Crippen LogP contribution in [0.2, 0.25) is 0 Å². The van der Waals surface area contributed by atoms with Gasteiger partial charge in [0.05, 0.1) is 12.0 Å². The SMILES string of the molecule is CCOc1ccc(Br)cc1C(Cl)c1ccc(F)cc1. The van der Waals surface area contributed by atoms with Gasteiger partial charge in [-0.1, -0.05) is 28.1 Å². The fraction of sp³-hybridized carbons (Fsp3) is 0.200. The number of hydrogen-bond acceptors (Lipinski definition) is 1. The predicted molar refractivity (Wildman–Crippen MR) is 79.4 cm³/mol. The van der Waals surface area contributed by atoms with Crippen LogP contribution in [0.15, 0.2) is 46.9 Å². The molecule has 0 amide bonds. The van der Waals surface area contributed by atoms with Crippen LogP contribution in [0.4, 0.5) is 4.39 Å². The molecule has 2 rings (SSSR count). The Morgan fingerprint density at radius 2 is 1.89 bits per heavy atom. The average molecular weight is 344 g/mol. The van der Waals surface area contributed by atoms with Crippen molar-refractivity contribution in [2.75, 3.05) is 6.61 Å². The number of benzene rings is 2. The van der Waals surface area contributed by atoms with Crippen molar-refractivity contribution in [3.8, 4) is 5.75 Å². The highest BCUT2D eigenvalue weighted by Gasteiger charge is 2.16. The largest absolute Gasteiger partial charge is 0.494 e. The van der Waals surface area contributed by atoms with E-state index in [1.807, 2.05) is 25.1 Å². The zero-order chi connectivity index (χ0) is 13.8. The van der Waals surface area contributed by atoms with Gasteiger partial charge in [-0.3, -0.25) is 0 Å². The van der Waals surface area contributed by atoms with Crippen LogP contribution in [-0.4, -0.2) is 6.61 Å². The van der Waals surface area contributed by atoms with Crippen LogP contribution in [0.3, 0.4) is 0 Å². The average Bonchev–Trinajstić information content (AvgIpc) is 2.41. The van der Waals surface area contributed by atoms with E-state index in [4.69, 9.17) is 16.3 Å². The van der Waals surface area contributed by atoms with E-state index in [0.717, 1.165) is 21.3 Å². The number of ether oxygens (including phenoxy) is 1. The Balaban J connectivity index is 2.39. The molecule has 2 aromatic carbocycles. The van der Waals surface area contributed by atoms with Crippen LogP contribution in [-0.2, 0) is 0 Å². The molecule has 0 saturated carbocycles. The summed E-state index contributed by atoms with van der Waals surface area (Å²) >= 11 is 9.90.